The van der Waals surface area contributed by atoms with Crippen LogP contribution in [0.3, 0.4) is 0 Å². The summed E-state index contributed by atoms with van der Waals surface area (Å²) in [5.74, 6) is 0.965. The molecule has 1 amide bonds. The Kier molecular flexibility index (Phi) is 6.34. The molecule has 0 aliphatic carbocycles. The predicted molar refractivity (Wildman–Crippen MR) is 109 cm³/mol. The maximum atomic E-state index is 12.1. The molecule has 0 spiro atoms. The summed E-state index contributed by atoms with van der Waals surface area (Å²) in [5, 5.41) is 2.63. The molecule has 8 heteroatoms. The Morgan fingerprint density at radius 2 is 1.87 bits per heavy atom. The minimum Gasteiger partial charge on any atom is -0.497 e. The molecule has 0 bridgehead atoms. The van der Waals surface area contributed by atoms with E-state index in [-0.39, 0.29) is 12.2 Å². The van der Waals surface area contributed by atoms with E-state index in [1.165, 1.54) is 14.2 Å². The normalized spacial score (nSPS) is 13.6. The van der Waals surface area contributed by atoms with Gasteiger partial charge in [-0.25, -0.2) is 4.79 Å². The number of esters is 1. The van der Waals surface area contributed by atoms with Crippen LogP contribution in [0.1, 0.15) is 19.4 Å². The molecular formula is C22H25NO7. The first kappa shape index (κ1) is 21.3. The lowest BCUT2D eigenvalue weighted by atomic mass is 10.0. The van der Waals surface area contributed by atoms with E-state index < -0.39 is 18.5 Å². The van der Waals surface area contributed by atoms with E-state index in [0.29, 0.717) is 28.7 Å². The van der Waals surface area contributed by atoms with Crippen molar-refractivity contribution < 1.29 is 33.3 Å². The molecule has 1 aliphatic rings. The van der Waals surface area contributed by atoms with Crippen molar-refractivity contribution in [1.82, 2.24) is 0 Å². The highest BCUT2D eigenvalue weighted by molar-refractivity contribution is 5.94. The average Bonchev–Trinajstić information content (AvgIpc) is 3.05. The van der Waals surface area contributed by atoms with Gasteiger partial charge in [-0.05, 0) is 32.0 Å². The third-order valence-electron chi connectivity index (χ3n) is 4.45. The largest absolute Gasteiger partial charge is 0.497 e. The number of amides is 1. The third kappa shape index (κ3) is 5.14. The van der Waals surface area contributed by atoms with Crippen molar-refractivity contribution in [3.8, 4) is 23.0 Å². The zero-order valence-electron chi connectivity index (χ0n) is 17.4. The fourth-order valence-corrected chi connectivity index (χ4v) is 3.11. The molecule has 8 nitrogen and oxygen atoms in total. The number of anilines is 1. The summed E-state index contributed by atoms with van der Waals surface area (Å²) in [4.78, 5) is 24.1. The van der Waals surface area contributed by atoms with Gasteiger partial charge < -0.3 is 29.0 Å². The Bertz CT molecular complexity index is 939. The van der Waals surface area contributed by atoms with Crippen LogP contribution in [0.25, 0.3) is 0 Å². The number of rotatable bonds is 8. The number of carbonyl (C=O) groups is 2. The monoisotopic (exact) mass is 415 g/mol. The molecular weight excluding hydrogens is 390 g/mol. The van der Waals surface area contributed by atoms with Gasteiger partial charge in [-0.3, -0.25) is 4.79 Å². The summed E-state index contributed by atoms with van der Waals surface area (Å²) in [6.07, 6.45) is 0.763. The van der Waals surface area contributed by atoms with Crippen molar-refractivity contribution in [2.45, 2.75) is 25.9 Å². The van der Waals surface area contributed by atoms with Crippen LogP contribution < -0.4 is 24.3 Å². The number of nitrogens with one attached hydrogen (secondary N) is 1. The lowest BCUT2D eigenvalue weighted by molar-refractivity contribution is -0.149. The van der Waals surface area contributed by atoms with Crippen LogP contribution in [0.5, 0.6) is 23.0 Å². The number of fused-ring (bicyclic) bond motifs is 1. The van der Waals surface area contributed by atoms with Crippen LogP contribution >= 0.6 is 0 Å². The highest BCUT2D eigenvalue weighted by Crippen LogP contribution is 2.41. The molecule has 0 atom stereocenters. The minimum absolute atomic E-state index is 0.317. The molecule has 1 heterocycles. The molecule has 2 aromatic rings. The van der Waals surface area contributed by atoms with Crippen molar-refractivity contribution in [3.63, 3.8) is 0 Å². The minimum atomic E-state index is -0.665. The number of ether oxygens (including phenoxy) is 5. The van der Waals surface area contributed by atoms with Crippen LogP contribution in [-0.2, 0) is 20.7 Å². The Hall–Kier alpha value is -3.42. The summed E-state index contributed by atoms with van der Waals surface area (Å²) >= 11 is 0. The molecule has 160 valence electrons. The van der Waals surface area contributed by atoms with E-state index in [4.69, 9.17) is 23.7 Å². The predicted octanol–water partition coefficient (Wildman–Crippen LogP) is 2.98. The first-order valence-corrected chi connectivity index (χ1v) is 9.42. The second kappa shape index (κ2) is 8.94. The van der Waals surface area contributed by atoms with E-state index in [0.717, 1.165) is 12.0 Å². The molecule has 1 aliphatic heterocycles. The number of para-hydroxylation sites is 1. The van der Waals surface area contributed by atoms with Crippen molar-refractivity contribution >= 4 is 17.6 Å². The zero-order valence-corrected chi connectivity index (χ0v) is 17.4. The lowest BCUT2D eigenvalue weighted by Gasteiger charge is -2.18. The standard InChI is InChI=1S/C22H25NO7/c1-22(2)11-14-6-5-7-17(21(14)30-22)28-13-20(25)29-12-19(24)23-16-9-8-15(26-3)10-18(16)27-4/h5-10H,11-13H2,1-4H3,(H,23,24). The lowest BCUT2D eigenvalue weighted by Crippen LogP contribution is -2.25. The molecule has 1 N–H and O–H groups in total. The van der Waals surface area contributed by atoms with Crippen LogP contribution in [0.2, 0.25) is 0 Å². The molecule has 0 saturated heterocycles. The van der Waals surface area contributed by atoms with Crippen LogP contribution in [0.4, 0.5) is 5.69 Å². The van der Waals surface area contributed by atoms with Gasteiger partial charge in [-0.15, -0.1) is 0 Å². The highest BCUT2D eigenvalue weighted by Gasteiger charge is 2.32. The Balaban J connectivity index is 1.49. The van der Waals surface area contributed by atoms with Gasteiger partial charge in [0.15, 0.2) is 24.7 Å². The van der Waals surface area contributed by atoms with Gasteiger partial charge in [0, 0.05) is 18.1 Å². The second-order valence-corrected chi connectivity index (χ2v) is 7.35. The Morgan fingerprint density at radius 3 is 2.60 bits per heavy atom. The van der Waals surface area contributed by atoms with E-state index >= 15 is 0 Å². The first-order valence-electron chi connectivity index (χ1n) is 9.42. The topological polar surface area (TPSA) is 92.3 Å². The highest BCUT2D eigenvalue weighted by atomic mass is 16.6. The molecule has 0 radical (unpaired) electrons. The fraction of sp³-hybridized carbons (Fsp3) is 0.364. The number of hydrogen-bond acceptors (Lipinski definition) is 7. The molecule has 0 aromatic heterocycles. The van der Waals surface area contributed by atoms with E-state index in [1.807, 2.05) is 26.0 Å². The summed E-state index contributed by atoms with van der Waals surface area (Å²) in [7, 11) is 3.01. The van der Waals surface area contributed by atoms with Gasteiger partial charge in [0.05, 0.1) is 19.9 Å². The van der Waals surface area contributed by atoms with Gasteiger partial charge in [-0.2, -0.15) is 0 Å². The molecule has 0 saturated carbocycles. The quantitative estimate of drug-likeness (QED) is 0.663. The van der Waals surface area contributed by atoms with Crippen molar-refractivity contribution in [2.24, 2.45) is 0 Å². The summed E-state index contributed by atoms with van der Waals surface area (Å²) in [6, 6.07) is 10.5. The van der Waals surface area contributed by atoms with Crippen molar-refractivity contribution in [3.05, 3.63) is 42.0 Å². The molecule has 30 heavy (non-hydrogen) atoms. The summed E-state index contributed by atoms with van der Waals surface area (Å²) < 4.78 is 26.8. The number of benzene rings is 2. The Morgan fingerprint density at radius 1 is 1.07 bits per heavy atom. The van der Waals surface area contributed by atoms with E-state index in [2.05, 4.69) is 5.32 Å². The Labute approximate surface area is 175 Å². The number of carbonyl (C=O) groups excluding carboxylic acids is 2. The maximum absolute atomic E-state index is 12.1. The smallest absolute Gasteiger partial charge is 0.344 e. The molecule has 2 aromatic carbocycles. The van der Waals surface area contributed by atoms with Gasteiger partial charge in [0.1, 0.15) is 17.1 Å². The maximum Gasteiger partial charge on any atom is 0.344 e. The third-order valence-corrected chi connectivity index (χ3v) is 4.45. The van der Waals surface area contributed by atoms with Gasteiger partial charge >= 0.3 is 5.97 Å². The average molecular weight is 415 g/mol. The van der Waals surface area contributed by atoms with Gasteiger partial charge in [-0.1, -0.05) is 12.1 Å². The fourth-order valence-electron chi connectivity index (χ4n) is 3.11. The second-order valence-electron chi connectivity index (χ2n) is 7.35. The van der Waals surface area contributed by atoms with E-state index in [9.17, 15) is 9.59 Å². The molecule has 3 rings (SSSR count). The SMILES string of the molecule is COc1ccc(NC(=O)COC(=O)COc2cccc3c2OC(C)(C)C3)c(OC)c1. The zero-order chi connectivity index (χ0) is 21.7. The van der Waals surface area contributed by atoms with Gasteiger partial charge in [0.25, 0.3) is 5.91 Å². The molecule has 0 unspecified atom stereocenters. The van der Waals surface area contributed by atoms with Crippen LogP contribution in [-0.4, -0.2) is 44.9 Å². The van der Waals surface area contributed by atoms with E-state index in [1.54, 1.807) is 24.3 Å². The number of hydrogen-bond donors (Lipinski definition) is 1. The summed E-state index contributed by atoms with van der Waals surface area (Å²) in [6.45, 7) is 3.19. The first-order chi connectivity index (χ1) is 14.3. The molecule has 0 fully saturated rings. The van der Waals surface area contributed by atoms with Crippen molar-refractivity contribution in [2.75, 3.05) is 32.8 Å². The van der Waals surface area contributed by atoms with Crippen molar-refractivity contribution in [1.29, 1.82) is 0 Å². The summed E-state index contributed by atoms with van der Waals surface area (Å²) in [5.41, 5.74) is 1.15. The van der Waals surface area contributed by atoms with Crippen LogP contribution in [0, 0.1) is 0 Å². The van der Waals surface area contributed by atoms with Crippen LogP contribution in [0.15, 0.2) is 36.4 Å². The number of methoxy groups -OCH3 is 2. The van der Waals surface area contributed by atoms with Gasteiger partial charge in [0.2, 0.25) is 0 Å².